The number of anilines is 2. The molecule has 2 aromatic carbocycles. The lowest BCUT2D eigenvalue weighted by molar-refractivity contribution is -0.115. The number of hydrogen-bond donors (Lipinski definition) is 2. The molecular weight excluding hydrogens is 304 g/mol. The molecule has 0 aliphatic rings. The largest absolute Gasteiger partial charge is 0.399 e. The second kappa shape index (κ2) is 8.06. The molecule has 0 aliphatic heterocycles. The minimum Gasteiger partial charge on any atom is -0.399 e. The van der Waals surface area contributed by atoms with Crippen molar-refractivity contribution < 1.29 is 4.79 Å². The van der Waals surface area contributed by atoms with Gasteiger partial charge in [-0.05, 0) is 47.1 Å². The van der Waals surface area contributed by atoms with E-state index in [1.165, 1.54) is 5.56 Å². The Labute approximate surface area is 142 Å². The summed E-state index contributed by atoms with van der Waals surface area (Å²) < 4.78 is 0. The first-order chi connectivity index (χ1) is 11.0. The zero-order valence-corrected chi connectivity index (χ0v) is 14.7. The van der Waals surface area contributed by atoms with Crippen LogP contribution in [0.25, 0.3) is 0 Å². The molecule has 0 unspecified atom stereocenters. The molecule has 3 N–H and O–H groups in total. The Balaban J connectivity index is 2.02. The van der Waals surface area contributed by atoms with E-state index in [2.05, 4.69) is 32.2 Å². The van der Waals surface area contributed by atoms with E-state index in [-0.39, 0.29) is 5.91 Å². The minimum atomic E-state index is -0.00784. The van der Waals surface area contributed by atoms with E-state index in [0.717, 1.165) is 22.6 Å². The fourth-order valence-corrected chi connectivity index (χ4v) is 3.07. The van der Waals surface area contributed by atoms with E-state index in [1.54, 1.807) is 0 Å². The van der Waals surface area contributed by atoms with Crippen molar-refractivity contribution in [1.82, 2.24) is 0 Å². The first-order valence-electron chi connectivity index (χ1n) is 7.80. The van der Waals surface area contributed by atoms with Gasteiger partial charge in [-0.25, -0.2) is 0 Å². The molecule has 4 heteroatoms. The van der Waals surface area contributed by atoms with Crippen LogP contribution in [0.4, 0.5) is 11.4 Å². The molecule has 0 heterocycles. The molecule has 0 spiro atoms. The van der Waals surface area contributed by atoms with Crippen molar-refractivity contribution in [3.05, 3.63) is 59.2 Å². The third-order valence-electron chi connectivity index (χ3n) is 3.64. The molecule has 0 aliphatic carbocycles. The van der Waals surface area contributed by atoms with Crippen LogP contribution in [0, 0.1) is 6.92 Å². The Morgan fingerprint density at radius 3 is 2.52 bits per heavy atom. The molecule has 1 amide bonds. The maximum atomic E-state index is 12.2. The molecule has 2 rings (SSSR count). The van der Waals surface area contributed by atoms with Gasteiger partial charge < -0.3 is 11.1 Å². The Kier molecular flexibility index (Phi) is 6.11. The fraction of sp³-hybridized carbons (Fsp3) is 0.316. The van der Waals surface area contributed by atoms with Gasteiger partial charge in [-0.15, -0.1) is 0 Å². The fourth-order valence-electron chi connectivity index (χ4n) is 2.25. The number of carbonyl (C=O) groups is 1. The number of nitrogens with one attached hydrogen (secondary N) is 1. The van der Waals surface area contributed by atoms with Gasteiger partial charge in [-0.3, -0.25) is 4.79 Å². The van der Waals surface area contributed by atoms with Gasteiger partial charge in [0, 0.05) is 17.1 Å². The molecule has 0 radical (unpaired) electrons. The zero-order valence-electron chi connectivity index (χ0n) is 13.9. The molecule has 23 heavy (non-hydrogen) atoms. The highest BCUT2D eigenvalue weighted by Gasteiger charge is 2.09. The van der Waals surface area contributed by atoms with Crippen molar-refractivity contribution in [2.75, 3.05) is 11.1 Å². The molecular formula is C19H24N2OS. The van der Waals surface area contributed by atoms with Crippen LogP contribution in [0.15, 0.2) is 42.5 Å². The van der Waals surface area contributed by atoms with Gasteiger partial charge in [0.05, 0.1) is 6.42 Å². The first kappa shape index (κ1) is 17.4. The number of carbonyl (C=O) groups excluding carboxylic acids is 1. The SMILES string of the molecule is Cc1c(CSC(C)C)cccc1NC(=O)Cc1ccc(N)cc1. The highest BCUT2D eigenvalue weighted by Crippen LogP contribution is 2.25. The standard InChI is InChI=1S/C19H24N2OS/c1-13(2)23-12-16-5-4-6-18(14(16)3)21-19(22)11-15-7-9-17(20)10-8-15/h4-10,13H,11-12,20H2,1-3H3,(H,21,22). The molecule has 0 bridgehead atoms. The number of amides is 1. The van der Waals surface area contributed by atoms with E-state index in [1.807, 2.05) is 48.2 Å². The Morgan fingerprint density at radius 1 is 1.17 bits per heavy atom. The molecule has 2 aromatic rings. The van der Waals surface area contributed by atoms with Gasteiger partial charge in [-0.2, -0.15) is 11.8 Å². The highest BCUT2D eigenvalue weighted by atomic mass is 32.2. The van der Waals surface area contributed by atoms with Crippen molar-refractivity contribution in [3.8, 4) is 0 Å². The van der Waals surface area contributed by atoms with Gasteiger partial charge in [0.25, 0.3) is 0 Å². The summed E-state index contributed by atoms with van der Waals surface area (Å²) in [6.07, 6.45) is 0.352. The van der Waals surface area contributed by atoms with E-state index < -0.39 is 0 Å². The summed E-state index contributed by atoms with van der Waals surface area (Å²) in [5.74, 6) is 0.956. The molecule has 3 nitrogen and oxygen atoms in total. The molecule has 0 atom stereocenters. The minimum absolute atomic E-state index is 0.00784. The smallest absolute Gasteiger partial charge is 0.228 e. The van der Waals surface area contributed by atoms with Crippen molar-refractivity contribution >= 4 is 29.0 Å². The maximum absolute atomic E-state index is 12.2. The normalized spacial score (nSPS) is 10.8. The lowest BCUT2D eigenvalue weighted by Crippen LogP contribution is -2.15. The average Bonchev–Trinajstić information content (AvgIpc) is 2.50. The van der Waals surface area contributed by atoms with E-state index in [0.29, 0.717) is 17.4 Å². The summed E-state index contributed by atoms with van der Waals surface area (Å²) in [6.45, 7) is 6.45. The second-order valence-corrected chi connectivity index (χ2v) is 7.48. The number of hydrogen-bond acceptors (Lipinski definition) is 3. The summed E-state index contributed by atoms with van der Waals surface area (Å²) in [5, 5.41) is 3.62. The number of rotatable bonds is 6. The molecule has 122 valence electrons. The third kappa shape index (κ3) is 5.32. The van der Waals surface area contributed by atoms with Crippen molar-refractivity contribution in [2.45, 2.75) is 38.2 Å². The van der Waals surface area contributed by atoms with Crippen LogP contribution in [0.1, 0.15) is 30.5 Å². The summed E-state index contributed by atoms with van der Waals surface area (Å²) in [5.41, 5.74) is 10.6. The zero-order chi connectivity index (χ0) is 16.8. The van der Waals surface area contributed by atoms with Gasteiger partial charge in [0.2, 0.25) is 5.91 Å². The van der Waals surface area contributed by atoms with E-state index in [4.69, 9.17) is 5.73 Å². The average molecular weight is 328 g/mol. The summed E-state index contributed by atoms with van der Waals surface area (Å²) in [4.78, 5) is 12.2. The Morgan fingerprint density at radius 2 is 1.87 bits per heavy atom. The molecule has 0 saturated carbocycles. The van der Waals surface area contributed by atoms with Gasteiger partial charge in [-0.1, -0.05) is 38.1 Å². The Hall–Kier alpha value is -1.94. The van der Waals surface area contributed by atoms with Crippen LogP contribution < -0.4 is 11.1 Å². The first-order valence-corrected chi connectivity index (χ1v) is 8.85. The van der Waals surface area contributed by atoms with Gasteiger partial charge in [0.1, 0.15) is 0 Å². The Bertz CT molecular complexity index is 666. The molecule has 0 saturated heterocycles. The monoisotopic (exact) mass is 328 g/mol. The van der Waals surface area contributed by atoms with Crippen LogP contribution >= 0.6 is 11.8 Å². The molecule has 0 aromatic heterocycles. The lowest BCUT2D eigenvalue weighted by atomic mass is 10.1. The maximum Gasteiger partial charge on any atom is 0.228 e. The van der Waals surface area contributed by atoms with Gasteiger partial charge >= 0.3 is 0 Å². The quantitative estimate of drug-likeness (QED) is 0.773. The number of benzene rings is 2. The van der Waals surface area contributed by atoms with Crippen molar-refractivity contribution in [1.29, 1.82) is 0 Å². The van der Waals surface area contributed by atoms with Gasteiger partial charge in [0.15, 0.2) is 0 Å². The van der Waals surface area contributed by atoms with Crippen LogP contribution in [0.2, 0.25) is 0 Å². The summed E-state index contributed by atoms with van der Waals surface area (Å²) >= 11 is 1.91. The summed E-state index contributed by atoms with van der Waals surface area (Å²) in [6, 6.07) is 13.5. The summed E-state index contributed by atoms with van der Waals surface area (Å²) in [7, 11) is 0. The highest BCUT2D eigenvalue weighted by molar-refractivity contribution is 7.99. The van der Waals surface area contributed by atoms with Crippen LogP contribution in [-0.4, -0.2) is 11.2 Å². The van der Waals surface area contributed by atoms with Crippen molar-refractivity contribution in [2.24, 2.45) is 0 Å². The van der Waals surface area contributed by atoms with E-state index >= 15 is 0 Å². The third-order valence-corrected chi connectivity index (χ3v) is 4.78. The number of thioether (sulfide) groups is 1. The lowest BCUT2D eigenvalue weighted by Gasteiger charge is -2.13. The van der Waals surface area contributed by atoms with Crippen LogP contribution in [-0.2, 0) is 17.0 Å². The van der Waals surface area contributed by atoms with Crippen LogP contribution in [0.5, 0.6) is 0 Å². The number of nitrogens with two attached hydrogens (primary N) is 1. The van der Waals surface area contributed by atoms with E-state index in [9.17, 15) is 4.79 Å². The topological polar surface area (TPSA) is 55.1 Å². The van der Waals surface area contributed by atoms with Crippen molar-refractivity contribution in [3.63, 3.8) is 0 Å². The predicted molar refractivity (Wildman–Crippen MR) is 101 cm³/mol. The molecule has 0 fully saturated rings. The number of nitrogen functional groups attached to an aromatic ring is 1. The van der Waals surface area contributed by atoms with Crippen LogP contribution in [0.3, 0.4) is 0 Å². The second-order valence-electron chi connectivity index (χ2n) is 5.92. The predicted octanol–water partition coefficient (Wildman–Crippen LogP) is 4.40.